The SMILES string of the molecule is Nc1ccccc1COc1ccncc1. The Morgan fingerprint density at radius 3 is 2.53 bits per heavy atom. The zero-order valence-corrected chi connectivity index (χ0v) is 8.26. The molecule has 1 aromatic heterocycles. The molecule has 0 saturated carbocycles. The number of nitrogens with zero attached hydrogens (tertiary/aromatic N) is 1. The van der Waals surface area contributed by atoms with Gasteiger partial charge < -0.3 is 10.5 Å². The number of nitrogen functional groups attached to an aromatic ring is 1. The van der Waals surface area contributed by atoms with Crippen molar-refractivity contribution in [2.24, 2.45) is 0 Å². The molecule has 1 heterocycles. The van der Waals surface area contributed by atoms with Crippen LogP contribution in [0.3, 0.4) is 0 Å². The third-order valence-corrected chi connectivity index (χ3v) is 2.10. The molecule has 0 unspecified atom stereocenters. The summed E-state index contributed by atoms with van der Waals surface area (Å²) < 4.78 is 5.55. The van der Waals surface area contributed by atoms with E-state index < -0.39 is 0 Å². The molecule has 15 heavy (non-hydrogen) atoms. The lowest BCUT2D eigenvalue weighted by atomic mass is 10.2. The molecule has 2 aromatic rings. The molecular weight excluding hydrogens is 188 g/mol. The van der Waals surface area contributed by atoms with Gasteiger partial charge >= 0.3 is 0 Å². The Kier molecular flexibility index (Phi) is 2.83. The third kappa shape index (κ3) is 2.47. The molecule has 0 aliphatic carbocycles. The van der Waals surface area contributed by atoms with Gasteiger partial charge in [-0.3, -0.25) is 4.98 Å². The molecule has 2 rings (SSSR count). The van der Waals surface area contributed by atoms with Crippen molar-refractivity contribution in [1.82, 2.24) is 4.98 Å². The lowest BCUT2D eigenvalue weighted by Crippen LogP contribution is -1.99. The van der Waals surface area contributed by atoms with Crippen LogP contribution in [0.15, 0.2) is 48.8 Å². The van der Waals surface area contributed by atoms with Crippen LogP contribution >= 0.6 is 0 Å². The van der Waals surface area contributed by atoms with Gasteiger partial charge in [0.1, 0.15) is 12.4 Å². The predicted molar refractivity (Wildman–Crippen MR) is 59.4 cm³/mol. The van der Waals surface area contributed by atoms with Gasteiger partial charge in [0.05, 0.1) is 0 Å². The Morgan fingerprint density at radius 2 is 1.80 bits per heavy atom. The monoisotopic (exact) mass is 200 g/mol. The summed E-state index contributed by atoms with van der Waals surface area (Å²) in [5.74, 6) is 0.799. The van der Waals surface area contributed by atoms with Crippen molar-refractivity contribution in [3.8, 4) is 5.75 Å². The second-order valence-corrected chi connectivity index (χ2v) is 3.17. The summed E-state index contributed by atoms with van der Waals surface area (Å²) in [6.07, 6.45) is 3.40. The molecule has 3 heteroatoms. The molecule has 0 saturated heterocycles. The molecule has 0 bridgehead atoms. The van der Waals surface area contributed by atoms with Gasteiger partial charge in [0.15, 0.2) is 0 Å². The molecule has 0 amide bonds. The highest BCUT2D eigenvalue weighted by molar-refractivity contribution is 5.46. The maximum absolute atomic E-state index is 5.79. The summed E-state index contributed by atoms with van der Waals surface area (Å²) in [4.78, 5) is 3.91. The Hall–Kier alpha value is -2.03. The minimum atomic E-state index is 0.483. The molecule has 3 nitrogen and oxygen atoms in total. The molecule has 0 aliphatic heterocycles. The largest absolute Gasteiger partial charge is 0.489 e. The second-order valence-electron chi connectivity index (χ2n) is 3.17. The van der Waals surface area contributed by atoms with E-state index >= 15 is 0 Å². The number of hydrogen-bond donors (Lipinski definition) is 1. The van der Waals surface area contributed by atoms with Crippen LogP contribution < -0.4 is 10.5 Å². The fraction of sp³-hybridized carbons (Fsp3) is 0.0833. The lowest BCUT2D eigenvalue weighted by Gasteiger charge is -2.07. The van der Waals surface area contributed by atoms with Crippen molar-refractivity contribution < 1.29 is 4.74 Å². The second kappa shape index (κ2) is 4.46. The van der Waals surface area contributed by atoms with Crippen molar-refractivity contribution in [2.45, 2.75) is 6.61 Å². The molecule has 76 valence electrons. The Labute approximate surface area is 88.5 Å². The number of pyridine rings is 1. The fourth-order valence-electron chi connectivity index (χ4n) is 1.26. The first kappa shape index (κ1) is 9.52. The van der Waals surface area contributed by atoms with Crippen LogP contribution in [-0.4, -0.2) is 4.98 Å². The van der Waals surface area contributed by atoms with E-state index in [-0.39, 0.29) is 0 Å². The number of aromatic nitrogens is 1. The Balaban J connectivity index is 2.03. The van der Waals surface area contributed by atoms with Crippen molar-refractivity contribution in [3.05, 3.63) is 54.4 Å². The molecule has 1 aromatic carbocycles. The molecule has 2 N–H and O–H groups in total. The van der Waals surface area contributed by atoms with Crippen molar-refractivity contribution >= 4 is 5.69 Å². The minimum absolute atomic E-state index is 0.483. The maximum atomic E-state index is 5.79. The zero-order chi connectivity index (χ0) is 10.5. The average molecular weight is 200 g/mol. The highest BCUT2D eigenvalue weighted by atomic mass is 16.5. The average Bonchev–Trinajstić information content (AvgIpc) is 2.29. The first-order valence-electron chi connectivity index (χ1n) is 4.72. The first-order chi connectivity index (χ1) is 7.36. The van der Waals surface area contributed by atoms with E-state index in [0.29, 0.717) is 6.61 Å². The van der Waals surface area contributed by atoms with E-state index in [1.165, 1.54) is 0 Å². The van der Waals surface area contributed by atoms with E-state index in [4.69, 9.17) is 10.5 Å². The molecule has 0 atom stereocenters. The number of hydrogen-bond acceptors (Lipinski definition) is 3. The van der Waals surface area contributed by atoms with Gasteiger partial charge in [-0.15, -0.1) is 0 Å². The highest BCUT2D eigenvalue weighted by Gasteiger charge is 1.98. The first-order valence-corrected chi connectivity index (χ1v) is 4.72. The van der Waals surface area contributed by atoms with Crippen molar-refractivity contribution in [3.63, 3.8) is 0 Å². The Morgan fingerprint density at radius 1 is 1.07 bits per heavy atom. The van der Waals surface area contributed by atoms with Crippen LogP contribution in [0, 0.1) is 0 Å². The summed E-state index contributed by atoms with van der Waals surface area (Å²) in [7, 11) is 0. The number of anilines is 1. The van der Waals surface area contributed by atoms with Crippen LogP contribution in [0.2, 0.25) is 0 Å². The fourth-order valence-corrected chi connectivity index (χ4v) is 1.26. The minimum Gasteiger partial charge on any atom is -0.489 e. The smallest absolute Gasteiger partial charge is 0.122 e. The Bertz CT molecular complexity index is 429. The molecule has 0 aliphatic rings. The summed E-state index contributed by atoms with van der Waals surface area (Å²) in [5, 5.41) is 0. The van der Waals surface area contributed by atoms with Crippen molar-refractivity contribution in [2.75, 3.05) is 5.73 Å². The highest BCUT2D eigenvalue weighted by Crippen LogP contribution is 2.14. The van der Waals surface area contributed by atoms with Gasteiger partial charge in [0, 0.05) is 23.6 Å². The number of benzene rings is 1. The topological polar surface area (TPSA) is 48.1 Å². The quantitative estimate of drug-likeness (QED) is 0.773. The molecular formula is C12H12N2O. The maximum Gasteiger partial charge on any atom is 0.122 e. The normalized spacial score (nSPS) is 9.87. The van der Waals surface area contributed by atoms with E-state index in [1.54, 1.807) is 12.4 Å². The number of para-hydroxylation sites is 1. The van der Waals surface area contributed by atoms with Gasteiger partial charge in [-0.05, 0) is 18.2 Å². The van der Waals surface area contributed by atoms with Gasteiger partial charge in [-0.1, -0.05) is 18.2 Å². The van der Waals surface area contributed by atoms with Gasteiger partial charge in [0.2, 0.25) is 0 Å². The van der Waals surface area contributed by atoms with E-state index in [1.807, 2.05) is 36.4 Å². The van der Waals surface area contributed by atoms with E-state index in [9.17, 15) is 0 Å². The summed E-state index contributed by atoms with van der Waals surface area (Å²) in [5.41, 5.74) is 7.54. The number of ether oxygens (including phenoxy) is 1. The molecule has 0 spiro atoms. The summed E-state index contributed by atoms with van der Waals surface area (Å²) >= 11 is 0. The van der Waals surface area contributed by atoms with E-state index in [0.717, 1.165) is 17.0 Å². The summed E-state index contributed by atoms with van der Waals surface area (Å²) in [6.45, 7) is 0.483. The molecule has 0 fully saturated rings. The van der Waals surface area contributed by atoms with E-state index in [2.05, 4.69) is 4.98 Å². The van der Waals surface area contributed by atoms with Gasteiger partial charge in [-0.2, -0.15) is 0 Å². The lowest BCUT2D eigenvalue weighted by molar-refractivity contribution is 0.306. The number of rotatable bonds is 3. The van der Waals surface area contributed by atoms with Crippen molar-refractivity contribution in [1.29, 1.82) is 0 Å². The van der Waals surface area contributed by atoms with Crippen LogP contribution in [0.25, 0.3) is 0 Å². The van der Waals surface area contributed by atoms with Crippen LogP contribution in [0.4, 0.5) is 5.69 Å². The van der Waals surface area contributed by atoms with Crippen LogP contribution in [0.1, 0.15) is 5.56 Å². The third-order valence-electron chi connectivity index (χ3n) is 2.10. The standard InChI is InChI=1S/C12H12N2O/c13-12-4-2-1-3-10(12)9-15-11-5-7-14-8-6-11/h1-8H,9,13H2. The van der Waals surface area contributed by atoms with Crippen LogP contribution in [0.5, 0.6) is 5.75 Å². The molecule has 0 radical (unpaired) electrons. The van der Waals surface area contributed by atoms with Gasteiger partial charge in [0.25, 0.3) is 0 Å². The van der Waals surface area contributed by atoms with Crippen LogP contribution in [-0.2, 0) is 6.61 Å². The zero-order valence-electron chi connectivity index (χ0n) is 8.26. The number of nitrogens with two attached hydrogens (primary N) is 1. The predicted octanol–water partition coefficient (Wildman–Crippen LogP) is 2.24. The van der Waals surface area contributed by atoms with Gasteiger partial charge in [-0.25, -0.2) is 0 Å². The summed E-state index contributed by atoms with van der Waals surface area (Å²) in [6, 6.07) is 11.3.